The Morgan fingerprint density at radius 2 is 0.873 bits per heavy atom. The van der Waals surface area contributed by atoms with E-state index in [-0.39, 0.29) is 114 Å². The monoisotopic (exact) mass is 2090 g/mol. The fourth-order valence-corrected chi connectivity index (χ4v) is 11.2. The topological polar surface area (TPSA) is 200 Å². The molecule has 3 saturated carbocycles. The van der Waals surface area contributed by atoms with E-state index in [1.165, 1.54) is 112 Å². The molecule has 0 saturated heterocycles. The first-order valence-corrected chi connectivity index (χ1v) is 31.8. The molecule has 0 atom stereocenters. The average Bonchev–Trinajstić information content (AvgIpc) is 1.60. The van der Waals surface area contributed by atoms with Crippen LogP contribution in [0.25, 0.3) is 56.8 Å². The van der Waals surface area contributed by atoms with Gasteiger partial charge >= 0.3 is 11.9 Å². The van der Waals surface area contributed by atoms with Crippen LogP contribution in [-0.2, 0) is 96.7 Å². The quantitative estimate of drug-likeness (QED) is 0.0704. The second-order valence-corrected chi connectivity index (χ2v) is 25.3. The van der Waals surface area contributed by atoms with Gasteiger partial charge < -0.3 is 24.7 Å². The van der Waals surface area contributed by atoms with Crippen molar-refractivity contribution in [2.45, 2.75) is 117 Å². The fourth-order valence-electron chi connectivity index (χ4n) is 11.2. The molecule has 15 nitrogen and oxygen atoms in total. The first-order valence-electron chi connectivity index (χ1n) is 31.8. The number of carboxylic acids is 2. The van der Waals surface area contributed by atoms with E-state index in [1.54, 1.807) is 48.7 Å². The summed E-state index contributed by atoms with van der Waals surface area (Å²) in [6.45, 7) is 19.8. The molecule has 3 aliphatic carbocycles. The Bertz CT molecular complexity index is 4700. The molecule has 0 aliphatic heterocycles. The Hall–Kier alpha value is -8.61. The number of carboxylic acid groups (broad SMARTS) is 2. The normalized spacial score (nSPS) is 13.2. The summed E-state index contributed by atoms with van der Waals surface area (Å²) in [6.07, 6.45) is 21.3. The third-order valence-corrected chi connectivity index (χ3v) is 17.2. The van der Waals surface area contributed by atoms with E-state index in [0.29, 0.717) is 16.8 Å². The first-order chi connectivity index (χ1) is 46.9. The molecule has 15 rings (SSSR count). The summed E-state index contributed by atoms with van der Waals surface area (Å²) in [5.74, 6) is -3.61. The molecule has 4 radical (unpaired) electrons. The van der Waals surface area contributed by atoms with Gasteiger partial charge in [0.05, 0.1) is 17.2 Å². The summed E-state index contributed by atoms with van der Waals surface area (Å²) in [5, 5.41) is 16.6. The maximum Gasteiger partial charge on any atom is 0.354 e. The van der Waals surface area contributed by atoms with Crippen molar-refractivity contribution >= 4 is 11.9 Å². The number of carbonyl (C=O) groups is 2. The van der Waals surface area contributed by atoms with E-state index in [9.17, 15) is 27.2 Å². The van der Waals surface area contributed by atoms with Crippen LogP contribution in [0.15, 0.2) is 189 Å². The molecule has 0 amide bonds. The van der Waals surface area contributed by atoms with Gasteiger partial charge in [0.15, 0.2) is 5.82 Å². The van der Waals surface area contributed by atoms with Crippen LogP contribution < -0.4 is 0 Å². The van der Waals surface area contributed by atoms with E-state index >= 15 is 0 Å². The van der Waals surface area contributed by atoms with Gasteiger partial charge in [0.25, 0.3) is 0 Å². The number of aromatic carboxylic acids is 2. The Morgan fingerprint density at radius 3 is 1.29 bits per heavy atom. The van der Waals surface area contributed by atoms with Crippen LogP contribution in [-0.4, -0.2) is 76.1 Å². The van der Waals surface area contributed by atoms with Gasteiger partial charge in [-0.1, -0.05) is 116 Å². The van der Waals surface area contributed by atoms with Crippen molar-refractivity contribution in [2.24, 2.45) is 0 Å². The van der Waals surface area contributed by atoms with E-state index in [2.05, 4.69) is 178 Å². The number of imidazole rings is 2. The molecule has 534 valence electrons. The van der Waals surface area contributed by atoms with Crippen LogP contribution in [0.5, 0.6) is 0 Å². The van der Waals surface area contributed by atoms with Crippen LogP contribution in [0.1, 0.15) is 130 Å². The van der Waals surface area contributed by atoms with Gasteiger partial charge in [-0.05, 0) is 179 Å². The summed E-state index contributed by atoms with van der Waals surface area (Å²) < 4.78 is 56.3. The van der Waals surface area contributed by atoms with Gasteiger partial charge in [-0.25, -0.2) is 42.1 Å². The van der Waals surface area contributed by atoms with Gasteiger partial charge in [-0.15, -0.1) is 47.5 Å². The summed E-state index contributed by atoms with van der Waals surface area (Å²) in [7, 11) is 0. The van der Waals surface area contributed by atoms with Gasteiger partial charge in [0.1, 0.15) is 40.9 Å². The molecular formula is C79H72F4Ir4N11O4-3. The van der Waals surface area contributed by atoms with Crippen molar-refractivity contribution in [1.29, 1.82) is 0 Å². The zero-order chi connectivity index (χ0) is 69.9. The van der Waals surface area contributed by atoms with Gasteiger partial charge in [0.2, 0.25) is 0 Å². The average molecular weight is 2080 g/mol. The number of rotatable bonds is 11. The van der Waals surface area contributed by atoms with Crippen LogP contribution in [0, 0.1) is 83.5 Å². The van der Waals surface area contributed by atoms with Crippen LogP contribution >= 0.6 is 0 Å². The summed E-state index contributed by atoms with van der Waals surface area (Å²) in [5.41, 5.74) is 17.8. The number of hydrogen-bond donors (Lipinski definition) is 2. The van der Waals surface area contributed by atoms with Gasteiger partial charge in [-0.3, -0.25) is 24.5 Å². The van der Waals surface area contributed by atoms with Crippen molar-refractivity contribution in [3.05, 3.63) is 293 Å². The maximum atomic E-state index is 13.6. The van der Waals surface area contributed by atoms with Crippen LogP contribution in [0.4, 0.5) is 17.6 Å². The van der Waals surface area contributed by atoms with E-state index in [4.69, 9.17) is 15.2 Å². The fraction of sp³-hybridized carbons (Fsp3) is 0.228. The largest absolute Gasteiger partial charge is 0.477 e. The number of aryl methyl sites for hydroxylation is 6. The summed E-state index contributed by atoms with van der Waals surface area (Å²) in [6, 6.07) is 50.1. The predicted molar refractivity (Wildman–Crippen MR) is 368 cm³/mol. The Labute approximate surface area is 645 Å². The Balaban J connectivity index is 0.000000198. The number of pyridine rings is 7. The minimum Gasteiger partial charge on any atom is -0.477 e. The standard InChI is InChI=1S/C22H23N2.C21H23N3.C14H11F2N2.C10H5F2N2.2C6H5NO2.4Ir/c1-15-12-16(2)20(17(3)13-15)24-11-10-23-21(24)18-6-5-7-19(14-18)22(4)8-9-22;1-14-11-15(2)19(16(3)12-14)24-13-18(21(4)8-9-21)23-20(24)17-7-5-6-10-22-17;1-14(5-6-14)9-4-7-17-11(8-9)10-2-3-12(15)18-13(10)16;11-9-5-4-7(10(12)14-9)8-3-1-2-6-13-8;2*8-6(9)5-3-1-2-4-7-5;;;;/h5,7,10-14H,8-9H2,1-4H3;5-7,10-13H,8-9H2,1-4H3;3-4,7-8H,5-6H2,1H3;1-3,5-6H;2*1-4H,(H,8,9);;;;/q-1;;2*-1;;;;;;. The summed E-state index contributed by atoms with van der Waals surface area (Å²) in [4.78, 5) is 55.8. The molecule has 0 bridgehead atoms. The van der Waals surface area contributed by atoms with E-state index in [0.717, 1.165) is 53.4 Å². The molecule has 0 unspecified atom stereocenters. The number of nitrogens with zero attached hydrogens (tertiary/aromatic N) is 11. The van der Waals surface area contributed by atoms with Crippen molar-refractivity contribution in [3.63, 3.8) is 0 Å². The number of aromatic nitrogens is 11. The maximum absolute atomic E-state index is 13.6. The molecular weight excluding hydrogens is 2010 g/mol. The van der Waals surface area contributed by atoms with Gasteiger partial charge in [0, 0.05) is 141 Å². The van der Waals surface area contributed by atoms with Crippen molar-refractivity contribution in [1.82, 2.24) is 54.0 Å². The molecule has 12 aromatic rings. The van der Waals surface area contributed by atoms with Crippen molar-refractivity contribution in [2.75, 3.05) is 0 Å². The number of halogens is 4. The van der Waals surface area contributed by atoms with Crippen molar-refractivity contribution in [3.8, 4) is 56.8 Å². The molecule has 3 fully saturated rings. The number of hydrogen-bond acceptors (Lipinski definition) is 11. The SMILES string of the molecule is CC1(c2ccnc(-c3[c-]cc(F)nc3F)c2)CC1.Cc1cc(C)c(-n2cc(C3(C)CC3)nc2-c2ccccn2)c(C)c1.Cc1cc(C)c(-n2ccnc2-c2[c-]ccc(C3(C)CC3)c2)c(C)c1.Fc1c[c-]c(-c2ccccn2)c(F)n1.O=C(O)c1ccccn1.O=C(O)c1ccccn1.[Ir].[Ir].[Ir].[Ir]. The Morgan fingerprint density at radius 1 is 0.441 bits per heavy atom. The summed E-state index contributed by atoms with van der Waals surface area (Å²) >= 11 is 0. The van der Waals surface area contributed by atoms with E-state index in [1.807, 2.05) is 48.8 Å². The van der Waals surface area contributed by atoms with Crippen LogP contribution in [0.2, 0.25) is 0 Å². The molecule has 2 N–H and O–H groups in total. The smallest absolute Gasteiger partial charge is 0.354 e. The minimum absolute atomic E-state index is 0. The first kappa shape index (κ1) is 82.3. The molecule has 3 aliphatic rings. The second-order valence-electron chi connectivity index (χ2n) is 25.3. The molecule has 9 heterocycles. The van der Waals surface area contributed by atoms with Gasteiger partial charge in [-0.2, -0.15) is 0 Å². The van der Waals surface area contributed by atoms with Crippen molar-refractivity contribution < 1.29 is 118 Å². The molecule has 3 aromatic carbocycles. The third kappa shape index (κ3) is 21.0. The molecule has 0 spiro atoms. The molecule has 23 heteroatoms. The number of benzene rings is 3. The zero-order valence-electron chi connectivity index (χ0n) is 57.1. The zero-order valence-corrected chi connectivity index (χ0v) is 66.7. The Kier molecular flexibility index (Phi) is 29.5. The minimum atomic E-state index is -0.990. The van der Waals surface area contributed by atoms with E-state index < -0.39 is 35.7 Å². The second kappa shape index (κ2) is 36.5. The molecule has 9 aromatic heterocycles. The molecule has 102 heavy (non-hydrogen) atoms. The third-order valence-electron chi connectivity index (χ3n) is 17.2. The van der Waals surface area contributed by atoms with Crippen LogP contribution in [0.3, 0.4) is 0 Å². The predicted octanol–water partition coefficient (Wildman–Crippen LogP) is 17.3.